The van der Waals surface area contributed by atoms with Crippen LogP contribution < -0.4 is 0 Å². The van der Waals surface area contributed by atoms with E-state index in [0.717, 1.165) is 10.5 Å². The minimum absolute atomic E-state index is 0.138. The highest BCUT2D eigenvalue weighted by molar-refractivity contribution is 8.00. The van der Waals surface area contributed by atoms with Gasteiger partial charge in [-0.1, -0.05) is 11.8 Å². The standard InChI is InChI=1S/C13H15NO3S/c1-14(2)12-10(15)7-9-6-8(13(16)17-3)4-5-11(9)18-12/h4-6,12H,7H2,1-3H3. The summed E-state index contributed by atoms with van der Waals surface area (Å²) in [4.78, 5) is 26.4. The number of rotatable bonds is 2. The molecule has 18 heavy (non-hydrogen) atoms. The summed E-state index contributed by atoms with van der Waals surface area (Å²) in [5, 5.41) is -0.138. The Balaban J connectivity index is 2.32. The molecule has 0 radical (unpaired) electrons. The maximum Gasteiger partial charge on any atom is 0.337 e. The van der Waals surface area contributed by atoms with E-state index in [1.807, 2.05) is 25.1 Å². The number of likely N-dealkylation sites (N-methyl/N-ethyl adjacent to an activating group) is 1. The molecule has 0 saturated heterocycles. The third-order valence-corrected chi connectivity index (χ3v) is 4.39. The Labute approximate surface area is 110 Å². The number of hydrogen-bond acceptors (Lipinski definition) is 5. The van der Waals surface area contributed by atoms with E-state index < -0.39 is 0 Å². The highest BCUT2D eigenvalue weighted by atomic mass is 32.2. The molecule has 0 N–H and O–H groups in total. The van der Waals surface area contributed by atoms with Crippen LogP contribution in [0.1, 0.15) is 15.9 Å². The lowest BCUT2D eigenvalue weighted by Crippen LogP contribution is -2.36. The summed E-state index contributed by atoms with van der Waals surface area (Å²) in [5.74, 6) is -0.204. The van der Waals surface area contributed by atoms with E-state index in [-0.39, 0.29) is 17.1 Å². The highest BCUT2D eigenvalue weighted by Crippen LogP contribution is 2.34. The first-order valence-electron chi connectivity index (χ1n) is 5.60. The summed E-state index contributed by atoms with van der Waals surface area (Å²) in [7, 11) is 5.14. The number of Topliss-reactive ketones (excluding diaryl/α,β-unsaturated/α-hetero) is 1. The zero-order valence-electron chi connectivity index (χ0n) is 10.6. The Morgan fingerprint density at radius 3 is 2.78 bits per heavy atom. The maximum absolute atomic E-state index is 12.0. The first-order chi connectivity index (χ1) is 8.52. The third-order valence-electron chi connectivity index (χ3n) is 2.83. The molecule has 0 bridgehead atoms. The summed E-state index contributed by atoms with van der Waals surface area (Å²) in [6, 6.07) is 5.37. The van der Waals surface area contributed by atoms with Crippen LogP contribution in [0.15, 0.2) is 23.1 Å². The van der Waals surface area contributed by atoms with Gasteiger partial charge in [-0.25, -0.2) is 4.79 Å². The Hall–Kier alpha value is -1.33. The fourth-order valence-corrected chi connectivity index (χ4v) is 3.03. The molecule has 4 nitrogen and oxygen atoms in total. The molecule has 0 fully saturated rings. The van der Waals surface area contributed by atoms with Crippen LogP contribution in [0, 0.1) is 0 Å². The van der Waals surface area contributed by atoms with Crippen molar-refractivity contribution in [3.63, 3.8) is 0 Å². The number of nitrogens with zero attached hydrogens (tertiary/aromatic N) is 1. The molecular weight excluding hydrogens is 250 g/mol. The first kappa shape index (κ1) is 13.1. The van der Waals surface area contributed by atoms with E-state index >= 15 is 0 Å². The third kappa shape index (κ3) is 2.42. The normalized spacial score (nSPS) is 18.7. The van der Waals surface area contributed by atoms with Crippen molar-refractivity contribution in [3.8, 4) is 0 Å². The zero-order valence-corrected chi connectivity index (χ0v) is 11.4. The first-order valence-corrected chi connectivity index (χ1v) is 6.48. The molecular formula is C13H15NO3S. The van der Waals surface area contributed by atoms with Gasteiger partial charge >= 0.3 is 5.97 Å². The molecule has 1 unspecified atom stereocenters. The number of carbonyl (C=O) groups excluding carboxylic acids is 2. The Morgan fingerprint density at radius 2 is 2.17 bits per heavy atom. The van der Waals surface area contributed by atoms with Gasteiger partial charge in [0, 0.05) is 11.3 Å². The summed E-state index contributed by atoms with van der Waals surface area (Å²) in [6.45, 7) is 0. The molecule has 0 saturated carbocycles. The second-order valence-electron chi connectivity index (χ2n) is 4.39. The number of ketones is 1. The van der Waals surface area contributed by atoms with Crippen LogP contribution in [0.4, 0.5) is 0 Å². The van der Waals surface area contributed by atoms with Crippen LogP contribution in [-0.2, 0) is 16.0 Å². The summed E-state index contributed by atoms with van der Waals surface area (Å²) < 4.78 is 4.67. The number of hydrogen-bond donors (Lipinski definition) is 0. The van der Waals surface area contributed by atoms with Crippen LogP contribution >= 0.6 is 11.8 Å². The lowest BCUT2D eigenvalue weighted by molar-refractivity contribution is -0.120. The lowest BCUT2D eigenvalue weighted by Gasteiger charge is -2.27. The fourth-order valence-electron chi connectivity index (χ4n) is 1.93. The minimum atomic E-state index is -0.370. The van der Waals surface area contributed by atoms with Crippen molar-refractivity contribution >= 4 is 23.5 Å². The molecule has 0 amide bonds. The molecule has 1 aliphatic heterocycles. The van der Waals surface area contributed by atoms with Crippen LogP contribution in [0.3, 0.4) is 0 Å². The summed E-state index contributed by atoms with van der Waals surface area (Å²) in [6.07, 6.45) is 0.371. The second-order valence-corrected chi connectivity index (χ2v) is 5.51. The maximum atomic E-state index is 12.0. The predicted molar refractivity (Wildman–Crippen MR) is 69.8 cm³/mol. The molecule has 0 aliphatic carbocycles. The number of benzene rings is 1. The van der Waals surface area contributed by atoms with Gasteiger partial charge in [-0.05, 0) is 37.9 Å². The molecule has 96 valence electrons. The molecule has 1 aliphatic rings. The van der Waals surface area contributed by atoms with Crippen molar-refractivity contribution in [1.29, 1.82) is 0 Å². The van der Waals surface area contributed by atoms with E-state index in [9.17, 15) is 9.59 Å². The molecule has 0 aromatic heterocycles. The Morgan fingerprint density at radius 1 is 1.44 bits per heavy atom. The monoisotopic (exact) mass is 265 g/mol. The van der Waals surface area contributed by atoms with Crippen LogP contribution in [0.5, 0.6) is 0 Å². The van der Waals surface area contributed by atoms with Gasteiger partial charge in [0.2, 0.25) is 0 Å². The molecule has 0 spiro atoms. The largest absolute Gasteiger partial charge is 0.465 e. The van der Waals surface area contributed by atoms with Gasteiger partial charge in [0.15, 0.2) is 5.78 Å². The zero-order chi connectivity index (χ0) is 13.3. The fraction of sp³-hybridized carbons (Fsp3) is 0.385. The van der Waals surface area contributed by atoms with Crippen LogP contribution in [0.2, 0.25) is 0 Å². The smallest absolute Gasteiger partial charge is 0.337 e. The molecule has 1 aromatic rings. The molecule has 1 heterocycles. The lowest BCUT2D eigenvalue weighted by atomic mass is 10.0. The number of esters is 1. The van der Waals surface area contributed by atoms with Gasteiger partial charge in [-0.3, -0.25) is 9.69 Å². The van der Waals surface area contributed by atoms with Crippen molar-refractivity contribution < 1.29 is 14.3 Å². The SMILES string of the molecule is COC(=O)c1ccc2c(c1)CC(=O)C(N(C)C)S2. The average molecular weight is 265 g/mol. The Bertz CT molecular complexity index is 499. The number of fused-ring (bicyclic) bond motifs is 1. The minimum Gasteiger partial charge on any atom is -0.465 e. The highest BCUT2D eigenvalue weighted by Gasteiger charge is 2.29. The van der Waals surface area contributed by atoms with E-state index in [0.29, 0.717) is 12.0 Å². The van der Waals surface area contributed by atoms with Gasteiger partial charge in [0.25, 0.3) is 0 Å². The van der Waals surface area contributed by atoms with Crippen LogP contribution in [-0.4, -0.2) is 43.2 Å². The Kier molecular flexibility index (Phi) is 3.73. The van der Waals surface area contributed by atoms with Gasteiger partial charge in [-0.15, -0.1) is 0 Å². The summed E-state index contributed by atoms with van der Waals surface area (Å²) in [5.41, 5.74) is 1.40. The van der Waals surface area contributed by atoms with Crippen molar-refractivity contribution in [2.45, 2.75) is 16.7 Å². The van der Waals surface area contributed by atoms with Crippen molar-refractivity contribution in [2.75, 3.05) is 21.2 Å². The topological polar surface area (TPSA) is 46.6 Å². The number of methoxy groups -OCH3 is 1. The van der Waals surface area contributed by atoms with Crippen molar-refractivity contribution in [1.82, 2.24) is 4.90 Å². The molecule has 1 aromatic carbocycles. The van der Waals surface area contributed by atoms with Gasteiger partial charge in [0.1, 0.15) is 5.37 Å². The van der Waals surface area contributed by atoms with Gasteiger partial charge < -0.3 is 4.74 Å². The van der Waals surface area contributed by atoms with E-state index in [1.54, 1.807) is 12.1 Å². The number of ether oxygens (including phenoxy) is 1. The van der Waals surface area contributed by atoms with E-state index in [2.05, 4.69) is 4.74 Å². The van der Waals surface area contributed by atoms with E-state index in [4.69, 9.17) is 0 Å². The second kappa shape index (κ2) is 5.12. The predicted octanol–water partition coefficient (Wildman–Crippen LogP) is 1.58. The summed E-state index contributed by atoms with van der Waals surface area (Å²) >= 11 is 1.53. The number of thioether (sulfide) groups is 1. The van der Waals surface area contributed by atoms with Crippen molar-refractivity contribution in [3.05, 3.63) is 29.3 Å². The van der Waals surface area contributed by atoms with Gasteiger partial charge in [0.05, 0.1) is 12.7 Å². The van der Waals surface area contributed by atoms with Crippen molar-refractivity contribution in [2.24, 2.45) is 0 Å². The molecule has 2 rings (SSSR count). The van der Waals surface area contributed by atoms with E-state index in [1.165, 1.54) is 18.9 Å². The average Bonchev–Trinajstić information content (AvgIpc) is 2.35. The molecule has 1 atom stereocenters. The quantitative estimate of drug-likeness (QED) is 0.760. The number of carbonyl (C=O) groups is 2. The molecule has 5 heteroatoms. The van der Waals surface area contributed by atoms with Gasteiger partial charge in [-0.2, -0.15) is 0 Å². The van der Waals surface area contributed by atoms with Crippen LogP contribution in [0.25, 0.3) is 0 Å².